The molecule has 0 radical (unpaired) electrons. The topological polar surface area (TPSA) is 46.9 Å². The number of nitrogens with one attached hydrogen (secondary N) is 1. The van der Waals surface area contributed by atoms with Gasteiger partial charge in [-0.2, -0.15) is 5.10 Å². The highest BCUT2D eigenvalue weighted by molar-refractivity contribution is 5.80. The molecule has 2 rings (SSSR count). The summed E-state index contributed by atoms with van der Waals surface area (Å²) in [5, 5.41) is 9.27. The fourth-order valence-corrected chi connectivity index (χ4v) is 1.91. The molecule has 0 saturated carbocycles. The largest absolute Gasteiger partial charge is 0.310 e. The number of nitrogens with zero attached hydrogens (tertiary/aromatic N) is 2. The van der Waals surface area contributed by atoms with Crippen LogP contribution in [-0.2, 0) is 6.54 Å². The molecule has 102 valence electrons. The van der Waals surface area contributed by atoms with E-state index in [0.29, 0.717) is 6.54 Å². The lowest BCUT2D eigenvalue weighted by Gasteiger charge is -2.24. The van der Waals surface area contributed by atoms with E-state index in [9.17, 15) is 4.79 Å². The number of hydrogen-bond donors (Lipinski definition) is 1. The second kappa shape index (κ2) is 5.53. The van der Waals surface area contributed by atoms with Crippen molar-refractivity contribution in [1.82, 2.24) is 15.1 Å². The fourth-order valence-electron chi connectivity index (χ4n) is 1.91. The first-order chi connectivity index (χ1) is 9.03. The molecule has 0 unspecified atom stereocenters. The highest BCUT2D eigenvalue weighted by Crippen LogP contribution is 2.07. The average Bonchev–Trinajstić information content (AvgIpc) is 2.42. The Labute approximate surface area is 113 Å². The summed E-state index contributed by atoms with van der Waals surface area (Å²) in [6, 6.07) is 7.55. The zero-order valence-corrected chi connectivity index (χ0v) is 11.8. The summed E-state index contributed by atoms with van der Waals surface area (Å²) in [5.74, 6) is 0. The maximum absolute atomic E-state index is 12.2. The predicted molar refractivity (Wildman–Crippen MR) is 78.4 cm³/mol. The smallest absolute Gasteiger partial charge is 0.274 e. The van der Waals surface area contributed by atoms with Gasteiger partial charge in [-0.25, -0.2) is 4.68 Å². The number of aromatic nitrogens is 2. The van der Waals surface area contributed by atoms with Gasteiger partial charge in [0.15, 0.2) is 0 Å². The predicted octanol–water partition coefficient (Wildman–Crippen LogP) is 2.17. The Kier molecular flexibility index (Phi) is 4.00. The van der Waals surface area contributed by atoms with Crippen LogP contribution in [-0.4, -0.2) is 21.9 Å². The van der Waals surface area contributed by atoms with Crippen LogP contribution in [0.1, 0.15) is 27.2 Å². The fraction of sp³-hybridized carbons (Fsp3) is 0.467. The molecular formula is C15H21N3O. The summed E-state index contributed by atoms with van der Waals surface area (Å²) in [4.78, 5) is 12.2. The van der Waals surface area contributed by atoms with E-state index in [1.807, 2.05) is 24.3 Å². The van der Waals surface area contributed by atoms with Crippen molar-refractivity contribution in [3.8, 4) is 0 Å². The van der Waals surface area contributed by atoms with Crippen LogP contribution < -0.4 is 10.9 Å². The Hall–Kier alpha value is -1.68. The monoisotopic (exact) mass is 259 g/mol. The van der Waals surface area contributed by atoms with Crippen LogP contribution in [0.15, 0.2) is 35.3 Å². The van der Waals surface area contributed by atoms with Gasteiger partial charge in [0.2, 0.25) is 0 Å². The first kappa shape index (κ1) is 13.7. The van der Waals surface area contributed by atoms with E-state index >= 15 is 0 Å². The normalized spacial score (nSPS) is 11.9. The Bertz CT molecular complexity index is 616. The minimum atomic E-state index is -0.0193. The summed E-state index contributed by atoms with van der Waals surface area (Å²) in [6.07, 6.45) is 2.80. The molecule has 4 nitrogen and oxygen atoms in total. The van der Waals surface area contributed by atoms with Crippen LogP contribution in [0.3, 0.4) is 0 Å². The van der Waals surface area contributed by atoms with Crippen molar-refractivity contribution in [2.75, 3.05) is 6.54 Å². The zero-order valence-electron chi connectivity index (χ0n) is 11.8. The van der Waals surface area contributed by atoms with Gasteiger partial charge < -0.3 is 5.32 Å². The molecule has 2 aromatic rings. The Balaban J connectivity index is 2.14. The molecule has 0 atom stereocenters. The van der Waals surface area contributed by atoms with Gasteiger partial charge in [-0.15, -0.1) is 0 Å². The van der Waals surface area contributed by atoms with Crippen molar-refractivity contribution >= 4 is 10.8 Å². The van der Waals surface area contributed by atoms with Gasteiger partial charge in [0.1, 0.15) is 0 Å². The van der Waals surface area contributed by atoms with E-state index in [-0.39, 0.29) is 11.1 Å². The van der Waals surface area contributed by atoms with Gasteiger partial charge in [0.25, 0.3) is 5.56 Å². The van der Waals surface area contributed by atoms with Gasteiger partial charge in [-0.1, -0.05) is 25.1 Å². The number of rotatable bonds is 5. The third-order valence-electron chi connectivity index (χ3n) is 3.57. The second-order valence-corrected chi connectivity index (χ2v) is 5.42. The van der Waals surface area contributed by atoms with Gasteiger partial charge in [-0.05, 0) is 26.3 Å². The first-order valence-corrected chi connectivity index (χ1v) is 6.73. The summed E-state index contributed by atoms with van der Waals surface area (Å²) >= 11 is 0. The van der Waals surface area contributed by atoms with Gasteiger partial charge in [0.05, 0.1) is 18.1 Å². The molecule has 1 aromatic carbocycles. The van der Waals surface area contributed by atoms with Crippen LogP contribution >= 0.6 is 0 Å². The van der Waals surface area contributed by atoms with Gasteiger partial charge >= 0.3 is 0 Å². The van der Waals surface area contributed by atoms with Crippen molar-refractivity contribution in [2.45, 2.75) is 39.3 Å². The highest BCUT2D eigenvalue weighted by atomic mass is 16.1. The van der Waals surface area contributed by atoms with Gasteiger partial charge in [0, 0.05) is 17.5 Å². The van der Waals surface area contributed by atoms with E-state index in [4.69, 9.17) is 0 Å². The molecular weight excluding hydrogens is 238 g/mol. The molecule has 1 N–H and O–H groups in total. The molecule has 19 heavy (non-hydrogen) atoms. The Morgan fingerprint density at radius 3 is 2.79 bits per heavy atom. The van der Waals surface area contributed by atoms with Crippen LogP contribution in [0.4, 0.5) is 0 Å². The Morgan fingerprint density at radius 1 is 1.32 bits per heavy atom. The lowest BCUT2D eigenvalue weighted by atomic mass is 10.0. The average molecular weight is 259 g/mol. The molecule has 0 aliphatic heterocycles. The molecule has 0 amide bonds. The standard InChI is InChI=1S/C15H21N3O/c1-4-15(2,3)16-9-10-18-14(19)13-8-6-5-7-12(13)11-17-18/h5-8,11,16H,4,9-10H2,1-3H3. The number of benzene rings is 1. The van der Waals surface area contributed by atoms with E-state index in [2.05, 4.69) is 31.2 Å². The van der Waals surface area contributed by atoms with Gasteiger partial charge in [-0.3, -0.25) is 4.79 Å². The second-order valence-electron chi connectivity index (χ2n) is 5.42. The van der Waals surface area contributed by atoms with Crippen molar-refractivity contribution in [1.29, 1.82) is 0 Å². The van der Waals surface area contributed by atoms with E-state index in [1.165, 1.54) is 4.68 Å². The molecule has 0 bridgehead atoms. The zero-order chi connectivity index (χ0) is 13.9. The minimum Gasteiger partial charge on any atom is -0.310 e. The number of fused-ring (bicyclic) bond motifs is 1. The summed E-state index contributed by atoms with van der Waals surface area (Å²) in [6.45, 7) is 7.79. The van der Waals surface area contributed by atoms with Crippen molar-refractivity contribution in [3.05, 3.63) is 40.8 Å². The van der Waals surface area contributed by atoms with E-state index < -0.39 is 0 Å². The van der Waals surface area contributed by atoms with E-state index in [0.717, 1.165) is 23.7 Å². The van der Waals surface area contributed by atoms with Crippen LogP contribution in [0.5, 0.6) is 0 Å². The maximum Gasteiger partial charge on any atom is 0.274 e. The molecule has 0 spiro atoms. The maximum atomic E-state index is 12.2. The van der Waals surface area contributed by atoms with Crippen LogP contribution in [0, 0.1) is 0 Å². The first-order valence-electron chi connectivity index (χ1n) is 6.73. The van der Waals surface area contributed by atoms with E-state index in [1.54, 1.807) is 6.20 Å². The minimum absolute atomic E-state index is 0.0193. The van der Waals surface area contributed by atoms with Crippen molar-refractivity contribution in [2.24, 2.45) is 0 Å². The highest BCUT2D eigenvalue weighted by Gasteiger charge is 2.13. The third kappa shape index (κ3) is 3.20. The Morgan fingerprint density at radius 2 is 2.05 bits per heavy atom. The van der Waals surface area contributed by atoms with Crippen LogP contribution in [0.25, 0.3) is 10.8 Å². The molecule has 1 aromatic heterocycles. The van der Waals surface area contributed by atoms with Crippen molar-refractivity contribution < 1.29 is 0 Å². The third-order valence-corrected chi connectivity index (χ3v) is 3.57. The molecule has 4 heteroatoms. The quantitative estimate of drug-likeness (QED) is 0.895. The lowest BCUT2D eigenvalue weighted by molar-refractivity contribution is 0.361. The molecule has 0 fully saturated rings. The summed E-state index contributed by atoms with van der Waals surface area (Å²) in [5.41, 5.74) is 0.0784. The van der Waals surface area contributed by atoms with Crippen LogP contribution in [0.2, 0.25) is 0 Å². The molecule has 1 heterocycles. The number of hydrogen-bond acceptors (Lipinski definition) is 3. The molecule has 0 aliphatic rings. The SMILES string of the molecule is CCC(C)(C)NCCn1ncc2ccccc2c1=O. The molecule has 0 aliphatic carbocycles. The van der Waals surface area contributed by atoms with Crippen molar-refractivity contribution in [3.63, 3.8) is 0 Å². The lowest BCUT2D eigenvalue weighted by Crippen LogP contribution is -2.41. The molecule has 0 saturated heterocycles. The summed E-state index contributed by atoms with van der Waals surface area (Å²) in [7, 11) is 0. The summed E-state index contributed by atoms with van der Waals surface area (Å²) < 4.78 is 1.53.